The van der Waals surface area contributed by atoms with Gasteiger partial charge in [-0.15, -0.1) is 0 Å². The molecule has 0 saturated heterocycles. The summed E-state index contributed by atoms with van der Waals surface area (Å²) < 4.78 is 30.3. The lowest BCUT2D eigenvalue weighted by atomic mass is 9.98. The molecule has 0 atom stereocenters. The van der Waals surface area contributed by atoms with Gasteiger partial charge < -0.3 is 4.57 Å². The van der Waals surface area contributed by atoms with Crippen LogP contribution in [0.1, 0.15) is 19.4 Å². The fourth-order valence-electron chi connectivity index (χ4n) is 4.24. The van der Waals surface area contributed by atoms with Gasteiger partial charge >= 0.3 is 0 Å². The zero-order valence-electron chi connectivity index (χ0n) is 20.3. The number of rotatable bonds is 9. The second-order valence-corrected chi connectivity index (χ2v) is 11.3. The maximum absolute atomic E-state index is 12.1. The SMILES string of the molecule is CC(C)Cn1cc(CCNS(=O)(=O)N(C)C)c2ccc(-c3cccc(-c4ccccc4)c3)cc21. The van der Waals surface area contributed by atoms with Gasteiger partial charge in [-0.3, -0.25) is 0 Å². The van der Waals surface area contributed by atoms with Crippen molar-refractivity contribution in [2.45, 2.75) is 26.8 Å². The van der Waals surface area contributed by atoms with Crippen molar-refractivity contribution in [3.05, 3.63) is 84.6 Å². The van der Waals surface area contributed by atoms with E-state index in [2.05, 4.69) is 96.1 Å². The van der Waals surface area contributed by atoms with Crippen LogP contribution in [-0.4, -0.2) is 37.9 Å². The molecule has 0 amide bonds. The molecule has 3 aromatic carbocycles. The number of nitrogens with zero attached hydrogens (tertiary/aromatic N) is 2. The zero-order chi connectivity index (χ0) is 24.3. The van der Waals surface area contributed by atoms with Crippen molar-refractivity contribution >= 4 is 21.1 Å². The normalized spacial score (nSPS) is 12.2. The van der Waals surface area contributed by atoms with E-state index in [-0.39, 0.29) is 0 Å². The number of fused-ring (bicyclic) bond motifs is 1. The Hall–Kier alpha value is -2.93. The van der Waals surface area contributed by atoms with Crippen molar-refractivity contribution in [1.82, 2.24) is 13.6 Å². The highest BCUT2D eigenvalue weighted by atomic mass is 32.2. The average Bonchev–Trinajstić information content (AvgIpc) is 3.15. The van der Waals surface area contributed by atoms with Crippen molar-refractivity contribution in [2.75, 3.05) is 20.6 Å². The molecule has 6 heteroatoms. The van der Waals surface area contributed by atoms with Crippen LogP contribution >= 0.6 is 0 Å². The fraction of sp³-hybridized carbons (Fsp3) is 0.286. The van der Waals surface area contributed by atoms with Crippen LogP contribution in [0.5, 0.6) is 0 Å². The summed E-state index contributed by atoms with van der Waals surface area (Å²) in [6, 6.07) is 25.7. The van der Waals surface area contributed by atoms with Gasteiger partial charge in [0, 0.05) is 44.3 Å². The van der Waals surface area contributed by atoms with Crippen LogP contribution in [0.2, 0.25) is 0 Å². The van der Waals surface area contributed by atoms with E-state index in [0.717, 1.165) is 12.1 Å². The van der Waals surface area contributed by atoms with Crippen LogP contribution in [-0.2, 0) is 23.2 Å². The van der Waals surface area contributed by atoms with Crippen molar-refractivity contribution in [3.63, 3.8) is 0 Å². The third-order valence-corrected chi connectivity index (χ3v) is 7.52. The maximum Gasteiger partial charge on any atom is 0.278 e. The molecule has 1 N–H and O–H groups in total. The molecule has 4 rings (SSSR count). The molecule has 0 spiro atoms. The summed E-state index contributed by atoms with van der Waals surface area (Å²) in [5.74, 6) is 0.501. The lowest BCUT2D eigenvalue weighted by molar-refractivity contribution is 0.506. The largest absolute Gasteiger partial charge is 0.347 e. The zero-order valence-corrected chi connectivity index (χ0v) is 21.1. The number of benzene rings is 3. The van der Waals surface area contributed by atoms with E-state index in [1.165, 1.54) is 51.6 Å². The summed E-state index contributed by atoms with van der Waals surface area (Å²) in [7, 11) is -0.361. The Balaban J connectivity index is 1.68. The number of aromatic nitrogens is 1. The van der Waals surface area contributed by atoms with Gasteiger partial charge in [-0.05, 0) is 52.3 Å². The minimum atomic E-state index is -3.43. The topological polar surface area (TPSA) is 54.3 Å². The molecular formula is C28H33N3O2S. The van der Waals surface area contributed by atoms with Gasteiger partial charge in [0.15, 0.2) is 0 Å². The predicted molar refractivity (Wildman–Crippen MR) is 142 cm³/mol. The van der Waals surface area contributed by atoms with Crippen LogP contribution in [0.3, 0.4) is 0 Å². The van der Waals surface area contributed by atoms with Crippen molar-refractivity contribution in [3.8, 4) is 22.3 Å². The molecular weight excluding hydrogens is 442 g/mol. The van der Waals surface area contributed by atoms with Gasteiger partial charge in [0.25, 0.3) is 10.2 Å². The first-order chi connectivity index (χ1) is 16.2. The Bertz CT molecular complexity index is 1370. The smallest absolute Gasteiger partial charge is 0.278 e. The molecule has 0 fully saturated rings. The second-order valence-electron chi connectivity index (χ2n) is 9.31. The Morgan fingerprint density at radius 2 is 1.50 bits per heavy atom. The van der Waals surface area contributed by atoms with Crippen LogP contribution in [0, 0.1) is 5.92 Å². The van der Waals surface area contributed by atoms with Gasteiger partial charge in [-0.2, -0.15) is 12.7 Å². The Morgan fingerprint density at radius 3 is 2.18 bits per heavy atom. The summed E-state index contributed by atoms with van der Waals surface area (Å²) >= 11 is 0. The summed E-state index contributed by atoms with van der Waals surface area (Å²) in [4.78, 5) is 0. The standard InChI is InChI=1S/C28H33N3O2S/c1-21(2)19-31-20-26(15-16-29-34(32,33)30(3)4)27-14-13-25(18-28(27)31)24-12-8-11-23(17-24)22-9-6-5-7-10-22/h5-14,17-18,20-21,29H,15-16,19H2,1-4H3. The molecule has 0 saturated carbocycles. The van der Waals surface area contributed by atoms with E-state index in [1.54, 1.807) is 0 Å². The molecule has 1 heterocycles. The first-order valence-corrected chi connectivity index (χ1v) is 13.1. The van der Waals surface area contributed by atoms with Crippen molar-refractivity contribution in [2.24, 2.45) is 5.92 Å². The molecule has 0 aliphatic carbocycles. The molecule has 1 aromatic heterocycles. The van der Waals surface area contributed by atoms with Crippen molar-refractivity contribution in [1.29, 1.82) is 0 Å². The van der Waals surface area contributed by atoms with Gasteiger partial charge in [0.05, 0.1) is 0 Å². The number of hydrogen-bond acceptors (Lipinski definition) is 2. The molecule has 0 radical (unpaired) electrons. The summed E-state index contributed by atoms with van der Waals surface area (Å²) in [5.41, 5.74) is 7.10. The Kier molecular flexibility index (Phi) is 7.22. The molecule has 34 heavy (non-hydrogen) atoms. The highest BCUT2D eigenvalue weighted by Crippen LogP contribution is 2.31. The lowest BCUT2D eigenvalue weighted by Crippen LogP contribution is -2.36. The third-order valence-electron chi connectivity index (χ3n) is 5.99. The molecule has 0 unspecified atom stereocenters. The Morgan fingerprint density at radius 1 is 0.853 bits per heavy atom. The first-order valence-electron chi connectivity index (χ1n) is 11.7. The predicted octanol–water partition coefficient (Wildman–Crippen LogP) is 5.57. The van der Waals surface area contributed by atoms with Crippen LogP contribution < -0.4 is 4.72 Å². The van der Waals surface area contributed by atoms with Crippen LogP contribution in [0.4, 0.5) is 0 Å². The number of hydrogen-bond donors (Lipinski definition) is 1. The van der Waals surface area contributed by atoms with Crippen molar-refractivity contribution < 1.29 is 8.42 Å². The van der Waals surface area contributed by atoms with Gasteiger partial charge in [-0.1, -0.05) is 74.5 Å². The molecule has 178 valence electrons. The highest BCUT2D eigenvalue weighted by molar-refractivity contribution is 7.87. The summed E-state index contributed by atoms with van der Waals surface area (Å²) in [6.07, 6.45) is 2.82. The lowest BCUT2D eigenvalue weighted by Gasteiger charge is -2.12. The Labute approximate surface area is 203 Å². The van der Waals surface area contributed by atoms with E-state index < -0.39 is 10.2 Å². The minimum Gasteiger partial charge on any atom is -0.347 e. The second kappa shape index (κ2) is 10.1. The third kappa shape index (κ3) is 5.41. The van der Waals surface area contributed by atoms with Gasteiger partial charge in [-0.25, -0.2) is 4.72 Å². The quantitative estimate of drug-likeness (QED) is 0.344. The monoisotopic (exact) mass is 475 g/mol. The van der Waals surface area contributed by atoms with E-state index in [9.17, 15) is 8.42 Å². The van der Waals surface area contributed by atoms with Crippen LogP contribution in [0.15, 0.2) is 79.0 Å². The molecule has 0 aliphatic rings. The average molecular weight is 476 g/mol. The molecule has 0 aliphatic heterocycles. The fourth-order valence-corrected chi connectivity index (χ4v) is 4.86. The van der Waals surface area contributed by atoms with E-state index in [1.807, 2.05) is 6.07 Å². The molecule has 0 bridgehead atoms. The molecule has 4 aromatic rings. The summed E-state index contributed by atoms with van der Waals surface area (Å²) in [5, 5.41) is 1.17. The highest BCUT2D eigenvalue weighted by Gasteiger charge is 2.15. The minimum absolute atomic E-state index is 0.363. The maximum atomic E-state index is 12.1. The van der Waals surface area contributed by atoms with E-state index in [0.29, 0.717) is 18.9 Å². The van der Waals surface area contributed by atoms with Crippen LogP contribution in [0.25, 0.3) is 33.2 Å². The molecule has 5 nitrogen and oxygen atoms in total. The summed E-state index contributed by atoms with van der Waals surface area (Å²) in [6.45, 7) is 5.70. The van der Waals surface area contributed by atoms with E-state index >= 15 is 0 Å². The van der Waals surface area contributed by atoms with Gasteiger partial charge in [0.1, 0.15) is 0 Å². The first kappa shape index (κ1) is 24.2. The van der Waals surface area contributed by atoms with E-state index in [4.69, 9.17) is 0 Å². The van der Waals surface area contributed by atoms with Gasteiger partial charge in [0.2, 0.25) is 0 Å². The number of nitrogens with one attached hydrogen (secondary N) is 1.